The number of ether oxygens (including phenoxy) is 3. The highest BCUT2D eigenvalue weighted by molar-refractivity contribution is 6.01. The van der Waals surface area contributed by atoms with Gasteiger partial charge < -0.3 is 14.2 Å². The number of hydrogen-bond acceptors (Lipinski definition) is 7. The van der Waals surface area contributed by atoms with Gasteiger partial charge >= 0.3 is 18.0 Å². The molecule has 1 saturated heterocycles. The first-order valence-electron chi connectivity index (χ1n) is 9.40. The normalized spacial score (nSPS) is 20.8. The average molecular weight is 399 g/mol. The Balaban J connectivity index is 3.06. The average Bonchev–Trinajstić information content (AvgIpc) is 2.70. The van der Waals surface area contributed by atoms with Gasteiger partial charge in [0.15, 0.2) is 0 Å². The zero-order chi connectivity index (χ0) is 22.1. The number of rotatable bonds is 3. The molecule has 1 rings (SSSR count). The lowest BCUT2D eigenvalue weighted by Crippen LogP contribution is -2.47. The van der Waals surface area contributed by atoms with Gasteiger partial charge in [-0.25, -0.2) is 14.5 Å². The van der Waals surface area contributed by atoms with Crippen molar-refractivity contribution in [1.29, 1.82) is 0 Å². The molecule has 8 nitrogen and oxygen atoms in total. The first-order valence-corrected chi connectivity index (χ1v) is 9.40. The van der Waals surface area contributed by atoms with Crippen LogP contribution in [0.5, 0.6) is 0 Å². The van der Waals surface area contributed by atoms with Crippen molar-refractivity contribution in [3.05, 3.63) is 0 Å². The molecule has 2 atom stereocenters. The van der Waals surface area contributed by atoms with Crippen LogP contribution in [0.1, 0.15) is 75.2 Å². The second-order valence-corrected chi connectivity index (χ2v) is 9.96. The third-order valence-electron chi connectivity index (χ3n) is 3.51. The molecule has 0 radical (unpaired) electrons. The Labute approximate surface area is 166 Å². The zero-order valence-corrected chi connectivity index (χ0v) is 18.4. The summed E-state index contributed by atoms with van der Waals surface area (Å²) < 4.78 is 15.9. The molecule has 0 aromatic rings. The SMILES string of the molecule is CC(C)(C)OC(=O)C[C@@H]1C[C@H](C(=O)OC(C)(C)C)N(C(=O)OC(C)(C)C)C1=O. The van der Waals surface area contributed by atoms with Gasteiger partial charge in [-0.05, 0) is 68.7 Å². The number of amides is 2. The molecular formula is C20H33NO7. The number of carbonyl (C=O) groups is 4. The topological polar surface area (TPSA) is 99.2 Å². The number of likely N-dealkylation sites (tertiary alicyclic amines) is 1. The molecule has 8 heteroatoms. The van der Waals surface area contributed by atoms with E-state index in [4.69, 9.17) is 14.2 Å². The summed E-state index contributed by atoms with van der Waals surface area (Å²) >= 11 is 0. The highest BCUT2D eigenvalue weighted by Crippen LogP contribution is 2.31. The summed E-state index contributed by atoms with van der Waals surface area (Å²) in [6, 6.07) is -1.14. The number of hydrogen-bond donors (Lipinski definition) is 0. The number of carbonyl (C=O) groups excluding carboxylic acids is 4. The number of nitrogens with zero attached hydrogens (tertiary/aromatic N) is 1. The quantitative estimate of drug-likeness (QED) is 0.531. The van der Waals surface area contributed by atoms with Gasteiger partial charge in [-0.3, -0.25) is 9.59 Å². The van der Waals surface area contributed by atoms with E-state index < -0.39 is 52.7 Å². The molecule has 0 saturated carbocycles. The number of esters is 2. The fourth-order valence-electron chi connectivity index (χ4n) is 2.68. The maximum atomic E-state index is 12.8. The van der Waals surface area contributed by atoms with Crippen molar-refractivity contribution < 1.29 is 33.4 Å². The van der Waals surface area contributed by atoms with E-state index in [0.717, 1.165) is 4.90 Å². The Kier molecular flexibility index (Phi) is 6.91. The van der Waals surface area contributed by atoms with Crippen LogP contribution in [0.4, 0.5) is 4.79 Å². The monoisotopic (exact) mass is 399 g/mol. The third kappa shape index (κ3) is 7.48. The van der Waals surface area contributed by atoms with Crippen LogP contribution in [0, 0.1) is 5.92 Å². The Morgan fingerprint density at radius 3 is 1.75 bits per heavy atom. The Hall–Kier alpha value is -2.12. The van der Waals surface area contributed by atoms with E-state index >= 15 is 0 Å². The van der Waals surface area contributed by atoms with E-state index in [1.165, 1.54) is 0 Å². The van der Waals surface area contributed by atoms with Gasteiger partial charge in [0.2, 0.25) is 5.91 Å². The molecule has 1 heterocycles. The lowest BCUT2D eigenvalue weighted by Gasteiger charge is -2.28. The fourth-order valence-corrected chi connectivity index (χ4v) is 2.68. The van der Waals surface area contributed by atoms with Gasteiger partial charge in [-0.15, -0.1) is 0 Å². The predicted molar refractivity (Wildman–Crippen MR) is 101 cm³/mol. The highest BCUT2D eigenvalue weighted by Gasteiger charge is 2.50. The van der Waals surface area contributed by atoms with E-state index in [0.29, 0.717) is 0 Å². The van der Waals surface area contributed by atoms with Crippen molar-refractivity contribution in [2.24, 2.45) is 5.92 Å². The van der Waals surface area contributed by atoms with Gasteiger partial charge in [0, 0.05) is 0 Å². The minimum Gasteiger partial charge on any atom is -0.460 e. The Morgan fingerprint density at radius 2 is 1.32 bits per heavy atom. The molecule has 0 N–H and O–H groups in total. The molecule has 0 aliphatic carbocycles. The molecular weight excluding hydrogens is 366 g/mol. The van der Waals surface area contributed by atoms with Crippen molar-refractivity contribution in [2.75, 3.05) is 0 Å². The first-order chi connectivity index (χ1) is 12.4. The highest BCUT2D eigenvalue weighted by atomic mass is 16.6. The second kappa shape index (κ2) is 8.09. The summed E-state index contributed by atoms with van der Waals surface area (Å²) in [6.45, 7) is 15.2. The molecule has 1 aliphatic rings. The molecule has 1 aliphatic heterocycles. The third-order valence-corrected chi connectivity index (χ3v) is 3.51. The van der Waals surface area contributed by atoms with Crippen LogP contribution in [0.2, 0.25) is 0 Å². The van der Waals surface area contributed by atoms with Crippen molar-refractivity contribution >= 4 is 23.9 Å². The summed E-state index contributed by atoms with van der Waals surface area (Å²) in [5.74, 6) is -2.78. The van der Waals surface area contributed by atoms with Crippen LogP contribution in [0.3, 0.4) is 0 Å². The van der Waals surface area contributed by atoms with Crippen molar-refractivity contribution in [3.63, 3.8) is 0 Å². The van der Waals surface area contributed by atoms with Crippen LogP contribution in [0.15, 0.2) is 0 Å². The molecule has 160 valence electrons. The van der Waals surface area contributed by atoms with Crippen LogP contribution in [-0.2, 0) is 28.6 Å². The molecule has 0 spiro atoms. The second-order valence-electron chi connectivity index (χ2n) is 9.96. The zero-order valence-electron chi connectivity index (χ0n) is 18.4. The van der Waals surface area contributed by atoms with Crippen molar-refractivity contribution in [2.45, 2.75) is 98.0 Å². The molecule has 28 heavy (non-hydrogen) atoms. The van der Waals surface area contributed by atoms with Crippen LogP contribution in [-0.4, -0.2) is 51.7 Å². The summed E-state index contributed by atoms with van der Waals surface area (Å²) in [5.41, 5.74) is -2.34. The minimum atomic E-state index is -1.14. The van der Waals surface area contributed by atoms with E-state index in [2.05, 4.69) is 0 Å². The van der Waals surface area contributed by atoms with Gasteiger partial charge in [0.05, 0.1) is 12.3 Å². The smallest absolute Gasteiger partial charge is 0.417 e. The van der Waals surface area contributed by atoms with Crippen molar-refractivity contribution in [1.82, 2.24) is 4.90 Å². The largest absolute Gasteiger partial charge is 0.460 e. The predicted octanol–water partition coefficient (Wildman–Crippen LogP) is 3.21. The van der Waals surface area contributed by atoms with E-state index in [9.17, 15) is 19.2 Å². The maximum absolute atomic E-state index is 12.8. The lowest BCUT2D eigenvalue weighted by atomic mass is 10.0. The van der Waals surface area contributed by atoms with Crippen LogP contribution >= 0.6 is 0 Å². The molecule has 0 aromatic heterocycles. The summed E-state index contributed by atoms with van der Waals surface area (Å²) in [7, 11) is 0. The Morgan fingerprint density at radius 1 is 0.857 bits per heavy atom. The molecule has 0 unspecified atom stereocenters. The van der Waals surface area contributed by atoms with Crippen LogP contribution < -0.4 is 0 Å². The summed E-state index contributed by atoms with van der Waals surface area (Å²) in [4.78, 5) is 50.9. The molecule has 0 bridgehead atoms. The van der Waals surface area contributed by atoms with Crippen molar-refractivity contribution in [3.8, 4) is 0 Å². The fraction of sp³-hybridized carbons (Fsp3) is 0.800. The van der Waals surface area contributed by atoms with E-state index in [-0.39, 0.29) is 12.8 Å². The van der Waals surface area contributed by atoms with Gasteiger partial charge in [0.25, 0.3) is 0 Å². The standard InChI is InChI=1S/C20H33NO7/c1-18(2,3)26-14(22)11-12-10-13(16(24)27-19(4,5)6)21(15(12)23)17(25)28-20(7,8)9/h12-13H,10-11H2,1-9H3/t12-,13+/m0/s1. The molecule has 1 fully saturated rings. The lowest BCUT2D eigenvalue weighted by molar-refractivity contribution is -0.161. The maximum Gasteiger partial charge on any atom is 0.417 e. The Bertz CT molecular complexity index is 634. The first kappa shape index (κ1) is 23.9. The van der Waals surface area contributed by atoms with Crippen LogP contribution in [0.25, 0.3) is 0 Å². The van der Waals surface area contributed by atoms with Gasteiger partial charge in [0.1, 0.15) is 22.8 Å². The molecule has 0 aromatic carbocycles. The molecule has 2 amide bonds. The summed E-state index contributed by atoms with van der Waals surface area (Å²) in [6.07, 6.45) is -1.18. The minimum absolute atomic E-state index is 0.0216. The van der Waals surface area contributed by atoms with Gasteiger partial charge in [-0.2, -0.15) is 0 Å². The number of imide groups is 1. The summed E-state index contributed by atoms with van der Waals surface area (Å²) in [5, 5.41) is 0. The van der Waals surface area contributed by atoms with E-state index in [1.807, 2.05) is 0 Å². The van der Waals surface area contributed by atoms with Gasteiger partial charge in [-0.1, -0.05) is 0 Å². The van der Waals surface area contributed by atoms with E-state index in [1.54, 1.807) is 62.3 Å².